The van der Waals surface area contributed by atoms with Gasteiger partial charge in [0.1, 0.15) is 0 Å². The normalized spacial score (nSPS) is 15.8. The van der Waals surface area contributed by atoms with E-state index in [0.717, 1.165) is 30.4 Å². The van der Waals surface area contributed by atoms with Gasteiger partial charge in [-0.3, -0.25) is 4.90 Å². The van der Waals surface area contributed by atoms with E-state index in [2.05, 4.69) is 21.8 Å². The van der Waals surface area contributed by atoms with Crippen molar-refractivity contribution >= 4 is 20.8 Å². The van der Waals surface area contributed by atoms with Crippen LogP contribution in [0.5, 0.6) is 0 Å². The lowest BCUT2D eigenvalue weighted by Gasteiger charge is -2.15. The van der Waals surface area contributed by atoms with Crippen LogP contribution in [-0.4, -0.2) is 39.5 Å². The van der Waals surface area contributed by atoms with Crippen LogP contribution >= 0.6 is 0 Å². The van der Waals surface area contributed by atoms with Gasteiger partial charge < -0.3 is 0 Å². The molecule has 21 heavy (non-hydrogen) atoms. The number of benzene rings is 2. The van der Waals surface area contributed by atoms with Crippen LogP contribution < -0.4 is 4.72 Å². The molecule has 2 aromatic rings. The second-order valence-electron chi connectivity index (χ2n) is 5.11. The summed E-state index contributed by atoms with van der Waals surface area (Å²) < 4.78 is 27.6. The zero-order valence-corrected chi connectivity index (χ0v) is 12.5. The van der Waals surface area contributed by atoms with E-state index in [0.29, 0.717) is 11.4 Å². The van der Waals surface area contributed by atoms with E-state index in [1.165, 1.54) is 0 Å². The maximum atomic E-state index is 12.5. The predicted molar refractivity (Wildman–Crippen MR) is 84.7 cm³/mol. The Morgan fingerprint density at radius 2 is 1.71 bits per heavy atom. The van der Waals surface area contributed by atoms with E-state index in [1.54, 1.807) is 12.1 Å². The first-order chi connectivity index (χ1) is 10.2. The highest BCUT2D eigenvalue weighted by molar-refractivity contribution is 7.89. The van der Waals surface area contributed by atoms with E-state index >= 15 is 0 Å². The minimum absolute atomic E-state index is 0.347. The van der Waals surface area contributed by atoms with Crippen molar-refractivity contribution in [1.82, 2.24) is 9.62 Å². The van der Waals surface area contributed by atoms with Crippen molar-refractivity contribution in [3.8, 4) is 0 Å². The van der Waals surface area contributed by atoms with E-state index in [4.69, 9.17) is 0 Å². The van der Waals surface area contributed by atoms with Gasteiger partial charge in [0.25, 0.3) is 0 Å². The number of hydrogen-bond donors (Lipinski definition) is 1. The molecule has 2 aromatic carbocycles. The zero-order valence-electron chi connectivity index (χ0n) is 11.7. The number of fused-ring (bicyclic) bond motifs is 1. The molecule has 0 amide bonds. The Morgan fingerprint density at radius 1 is 1.00 bits per heavy atom. The summed E-state index contributed by atoms with van der Waals surface area (Å²) in [6.45, 7) is 2.94. The molecule has 0 saturated heterocycles. The Hall–Kier alpha value is -1.69. The van der Waals surface area contributed by atoms with Crippen molar-refractivity contribution in [2.24, 2.45) is 0 Å². The Balaban J connectivity index is 1.76. The van der Waals surface area contributed by atoms with Crippen molar-refractivity contribution < 1.29 is 8.42 Å². The SMILES string of the molecule is O=S(=O)(NCCN1CC=CC1)c1cccc2ccccc12. The molecule has 110 valence electrons. The molecule has 1 aliphatic rings. The Morgan fingerprint density at radius 3 is 2.52 bits per heavy atom. The van der Waals surface area contributed by atoms with Gasteiger partial charge in [-0.1, -0.05) is 48.6 Å². The summed E-state index contributed by atoms with van der Waals surface area (Å²) in [6, 6.07) is 12.9. The molecule has 0 radical (unpaired) electrons. The fraction of sp³-hybridized carbons (Fsp3) is 0.250. The molecule has 1 N–H and O–H groups in total. The molecule has 0 fully saturated rings. The van der Waals surface area contributed by atoms with Gasteiger partial charge >= 0.3 is 0 Å². The highest BCUT2D eigenvalue weighted by Crippen LogP contribution is 2.22. The number of rotatable bonds is 5. The van der Waals surface area contributed by atoms with E-state index in [1.807, 2.05) is 30.3 Å². The molecular weight excluding hydrogens is 284 g/mol. The maximum Gasteiger partial charge on any atom is 0.241 e. The van der Waals surface area contributed by atoms with Gasteiger partial charge in [-0.2, -0.15) is 0 Å². The van der Waals surface area contributed by atoms with Crippen LogP contribution in [-0.2, 0) is 10.0 Å². The minimum atomic E-state index is -3.48. The summed E-state index contributed by atoms with van der Waals surface area (Å²) >= 11 is 0. The molecule has 0 aromatic heterocycles. The van der Waals surface area contributed by atoms with Crippen LogP contribution in [0.2, 0.25) is 0 Å². The van der Waals surface area contributed by atoms with Gasteiger partial charge in [0, 0.05) is 31.6 Å². The Bertz CT molecular complexity index is 755. The lowest BCUT2D eigenvalue weighted by atomic mass is 10.1. The highest BCUT2D eigenvalue weighted by Gasteiger charge is 2.17. The third-order valence-electron chi connectivity index (χ3n) is 3.65. The summed E-state index contributed by atoms with van der Waals surface area (Å²) in [5.41, 5.74) is 0. The van der Waals surface area contributed by atoms with Crippen molar-refractivity contribution in [1.29, 1.82) is 0 Å². The molecule has 3 rings (SSSR count). The van der Waals surface area contributed by atoms with E-state index in [-0.39, 0.29) is 0 Å². The van der Waals surface area contributed by atoms with E-state index < -0.39 is 10.0 Å². The van der Waals surface area contributed by atoms with E-state index in [9.17, 15) is 8.42 Å². The molecule has 0 spiro atoms. The minimum Gasteiger partial charge on any atom is -0.295 e. The van der Waals surface area contributed by atoms with Crippen LogP contribution in [0.25, 0.3) is 10.8 Å². The third-order valence-corrected chi connectivity index (χ3v) is 5.17. The molecule has 1 heterocycles. The topological polar surface area (TPSA) is 49.4 Å². The molecular formula is C16H18N2O2S. The molecule has 0 saturated carbocycles. The average Bonchev–Trinajstić information content (AvgIpc) is 3.00. The highest BCUT2D eigenvalue weighted by atomic mass is 32.2. The third kappa shape index (κ3) is 3.15. The number of hydrogen-bond acceptors (Lipinski definition) is 3. The largest absolute Gasteiger partial charge is 0.295 e. The summed E-state index contributed by atoms with van der Waals surface area (Å²) in [6.07, 6.45) is 4.19. The maximum absolute atomic E-state index is 12.5. The van der Waals surface area contributed by atoms with Gasteiger partial charge in [0.2, 0.25) is 10.0 Å². The fourth-order valence-corrected chi connectivity index (χ4v) is 3.80. The Labute approximate surface area is 125 Å². The predicted octanol–water partition coefficient (Wildman–Crippen LogP) is 1.99. The standard InChI is InChI=1S/C16H18N2O2S/c19-21(20,17-10-13-18-11-3-4-12-18)16-9-5-7-14-6-1-2-8-15(14)16/h1-9,17H,10-13H2. The van der Waals surface area contributed by atoms with Crippen LogP contribution in [0.15, 0.2) is 59.5 Å². The monoisotopic (exact) mass is 302 g/mol. The first kappa shape index (κ1) is 14.3. The van der Waals surface area contributed by atoms with Gasteiger partial charge in [-0.05, 0) is 11.5 Å². The van der Waals surface area contributed by atoms with Crippen molar-refractivity contribution in [2.75, 3.05) is 26.2 Å². The number of sulfonamides is 1. The Kier molecular flexibility index (Phi) is 4.05. The molecule has 0 atom stereocenters. The number of nitrogens with one attached hydrogen (secondary N) is 1. The summed E-state index contributed by atoms with van der Waals surface area (Å²) in [7, 11) is -3.48. The lowest BCUT2D eigenvalue weighted by molar-refractivity contribution is 0.357. The molecule has 0 unspecified atom stereocenters. The second-order valence-corrected chi connectivity index (χ2v) is 6.84. The van der Waals surface area contributed by atoms with Gasteiger partial charge in [0.05, 0.1) is 4.90 Å². The van der Waals surface area contributed by atoms with Gasteiger partial charge in [-0.15, -0.1) is 0 Å². The molecule has 0 bridgehead atoms. The zero-order chi connectivity index (χ0) is 14.7. The van der Waals surface area contributed by atoms with Crippen LogP contribution in [0.4, 0.5) is 0 Å². The summed E-state index contributed by atoms with van der Waals surface area (Å²) in [5, 5.41) is 1.69. The molecule has 1 aliphatic heterocycles. The van der Waals surface area contributed by atoms with Crippen LogP contribution in [0.1, 0.15) is 0 Å². The van der Waals surface area contributed by atoms with Crippen molar-refractivity contribution in [3.63, 3.8) is 0 Å². The van der Waals surface area contributed by atoms with Crippen LogP contribution in [0.3, 0.4) is 0 Å². The summed E-state index contributed by atoms with van der Waals surface area (Å²) in [5.74, 6) is 0. The second kappa shape index (κ2) is 5.97. The first-order valence-corrected chi connectivity index (χ1v) is 8.50. The van der Waals surface area contributed by atoms with Gasteiger partial charge in [0.15, 0.2) is 0 Å². The summed E-state index contributed by atoms with van der Waals surface area (Å²) in [4.78, 5) is 2.53. The fourth-order valence-electron chi connectivity index (χ4n) is 2.55. The smallest absolute Gasteiger partial charge is 0.241 e. The van der Waals surface area contributed by atoms with Gasteiger partial charge in [-0.25, -0.2) is 13.1 Å². The molecule has 0 aliphatic carbocycles. The van der Waals surface area contributed by atoms with Crippen LogP contribution in [0, 0.1) is 0 Å². The molecule has 4 nitrogen and oxygen atoms in total. The quantitative estimate of drug-likeness (QED) is 0.859. The van der Waals surface area contributed by atoms with Crippen molar-refractivity contribution in [3.05, 3.63) is 54.6 Å². The number of nitrogens with zero attached hydrogens (tertiary/aromatic N) is 1. The van der Waals surface area contributed by atoms with Crippen molar-refractivity contribution in [2.45, 2.75) is 4.90 Å². The molecule has 5 heteroatoms. The lowest BCUT2D eigenvalue weighted by Crippen LogP contribution is -2.33. The average molecular weight is 302 g/mol. The first-order valence-electron chi connectivity index (χ1n) is 7.02.